The Labute approximate surface area is 553 Å². The van der Waals surface area contributed by atoms with Gasteiger partial charge in [-0.1, -0.05) is 69.0 Å². The lowest BCUT2D eigenvalue weighted by Crippen LogP contribution is -2.34. The van der Waals surface area contributed by atoms with E-state index in [0.29, 0.717) is 25.8 Å². The first kappa shape index (κ1) is 84.4. The van der Waals surface area contributed by atoms with Gasteiger partial charge in [0.25, 0.3) is 39.1 Å². The van der Waals surface area contributed by atoms with Crippen LogP contribution < -0.4 is 44.9 Å². The number of rotatable bonds is 48. The SMILES string of the molecule is C[C@H]1CC(OP(=O)([O-])OCCCOP(=O)([O-])OCCCOP(=O)([O-])OCCCOP(=O)([O-])OCCCOP(=O)([O-])OCCCCCCN)[C@@H](OP([O-])(=S)OC2C[C@H](C)O[C@@H]2COP([O-])(=S)OC2C[C@H](C)O[C@@H]2COP([O-])(=S)OC2C[C@H](C)O[C@@H]2CC(C)(C)C)O1.[HH].[HH].[HH].[HH].[HH].[HH].[HH].[HH]. The van der Waals surface area contributed by atoms with E-state index in [-0.39, 0.29) is 87.2 Å². The summed E-state index contributed by atoms with van der Waals surface area (Å²) in [5.74, 6) is 0. The Balaban J connectivity index is -0.00000360. The van der Waals surface area contributed by atoms with Crippen LogP contribution in [-0.4, -0.2) is 153 Å². The third-order valence-corrected chi connectivity index (χ3v) is 22.5. The van der Waals surface area contributed by atoms with E-state index >= 15 is 0 Å². The molecule has 4 saturated heterocycles. The molecule has 0 spiro atoms. The maximum atomic E-state index is 13.7. The van der Waals surface area contributed by atoms with Gasteiger partial charge in [-0.15, -0.1) is 0 Å². The largest absolute Gasteiger partial charge is 0.780 e. The fraction of sp³-hybridized carbons (Fsp3) is 1.00. The number of hydrogen-bond donors (Lipinski definition) is 1. The first-order valence-electron chi connectivity index (χ1n) is 29.0. The lowest BCUT2D eigenvalue weighted by molar-refractivity contribution is -0.249. The Hall–Kier alpha value is 1.94. The highest BCUT2D eigenvalue weighted by Crippen LogP contribution is 2.53. The van der Waals surface area contributed by atoms with Gasteiger partial charge in [-0.25, -0.2) is 0 Å². The molecular formula is C45H101NO33P8S3-8. The summed E-state index contributed by atoms with van der Waals surface area (Å²) in [6.07, 6.45) is -6.79. The fourth-order valence-corrected chi connectivity index (χ4v) is 17.6. The second-order valence-electron chi connectivity index (χ2n) is 22.4. The Morgan fingerprint density at radius 1 is 0.389 bits per heavy atom. The second kappa shape index (κ2) is 39.2. The lowest BCUT2D eigenvalue weighted by atomic mass is 9.87. The zero-order chi connectivity index (χ0) is 67.2. The van der Waals surface area contributed by atoms with Crippen LogP contribution in [-0.2, 0) is 150 Å². The van der Waals surface area contributed by atoms with Crippen LogP contribution in [0.15, 0.2) is 0 Å². The van der Waals surface area contributed by atoms with Crippen LogP contribution in [0.25, 0.3) is 0 Å². The summed E-state index contributed by atoms with van der Waals surface area (Å²) in [5, 5.41) is 0. The van der Waals surface area contributed by atoms with Crippen LogP contribution >= 0.6 is 59.3 Å². The van der Waals surface area contributed by atoms with E-state index in [9.17, 15) is 62.0 Å². The zero-order valence-electron chi connectivity index (χ0n) is 51.0. The summed E-state index contributed by atoms with van der Waals surface area (Å²) in [6.45, 7) is -4.97. The minimum atomic E-state index is -5.21. The quantitative estimate of drug-likeness (QED) is 0.0620. The summed E-state index contributed by atoms with van der Waals surface area (Å²) in [6, 6.07) is 0. The van der Waals surface area contributed by atoms with Gasteiger partial charge < -0.3 is 136 Å². The van der Waals surface area contributed by atoms with E-state index in [0.717, 1.165) is 19.3 Å². The molecule has 4 aliphatic rings. The topological polar surface area (TPSA) is 480 Å². The molecule has 2 N–H and O–H groups in total. The van der Waals surface area contributed by atoms with Crippen molar-refractivity contribution in [1.82, 2.24) is 0 Å². The highest BCUT2D eigenvalue weighted by Gasteiger charge is 2.43. The van der Waals surface area contributed by atoms with E-state index < -0.39 is 180 Å². The summed E-state index contributed by atoms with van der Waals surface area (Å²) in [7, 11) is -24.6. The Bertz CT molecular complexity index is 2590. The Morgan fingerprint density at radius 3 is 1.06 bits per heavy atom. The lowest BCUT2D eigenvalue weighted by Gasteiger charge is -2.37. The molecule has 0 aromatic carbocycles. The second-order valence-corrected chi connectivity index (χ2v) is 37.5. The van der Waals surface area contributed by atoms with Gasteiger partial charge in [0.15, 0.2) is 6.29 Å². The number of nitrogens with two attached hydrogens (primary N) is 1. The number of phosphoric ester groups is 5. The van der Waals surface area contributed by atoms with Gasteiger partial charge in [-0.3, -0.25) is 22.8 Å². The molecule has 0 aliphatic carbocycles. The summed E-state index contributed by atoms with van der Waals surface area (Å²) in [5.41, 5.74) is 5.29. The van der Waals surface area contributed by atoms with Gasteiger partial charge in [0, 0.05) is 37.1 Å². The molecule has 550 valence electrons. The van der Waals surface area contributed by atoms with E-state index in [1.54, 1.807) is 13.8 Å². The minimum absolute atomic E-state index is 0. The van der Waals surface area contributed by atoms with Gasteiger partial charge in [-0.05, 0) is 84.6 Å². The molecule has 4 aliphatic heterocycles. The Morgan fingerprint density at radius 2 is 0.689 bits per heavy atom. The van der Waals surface area contributed by atoms with Crippen molar-refractivity contribution in [3.05, 3.63) is 0 Å². The maximum absolute atomic E-state index is 13.7. The summed E-state index contributed by atoms with van der Waals surface area (Å²) >= 11 is 15.6. The molecule has 0 amide bonds. The van der Waals surface area contributed by atoms with Gasteiger partial charge in [0.1, 0.15) is 38.5 Å². The van der Waals surface area contributed by atoms with Crippen molar-refractivity contribution in [3.8, 4) is 0 Å². The van der Waals surface area contributed by atoms with Crippen LogP contribution in [0.5, 0.6) is 0 Å². The average molecular weight is 1530 g/mol. The van der Waals surface area contributed by atoms with Crippen molar-refractivity contribution in [2.24, 2.45) is 11.1 Å². The normalized spacial score (nSPS) is 31.2. The molecule has 4 rings (SSSR count). The molecule has 0 saturated carbocycles. The molecular weight excluding hydrogens is 1430 g/mol. The molecule has 4 fully saturated rings. The van der Waals surface area contributed by atoms with Crippen molar-refractivity contribution in [2.75, 3.05) is 79.2 Å². The number of hydrogen-bond acceptors (Lipinski definition) is 37. The summed E-state index contributed by atoms with van der Waals surface area (Å²) in [4.78, 5) is 101. The first-order valence-corrected chi connectivity index (χ1v) is 43.9. The van der Waals surface area contributed by atoms with Crippen LogP contribution in [0.3, 0.4) is 0 Å². The van der Waals surface area contributed by atoms with Crippen molar-refractivity contribution in [1.29, 1.82) is 0 Å². The molecule has 12 unspecified atom stereocenters. The van der Waals surface area contributed by atoms with Gasteiger partial charge >= 0.3 is 0 Å². The zero-order valence-corrected chi connectivity index (χ0v) is 60.6. The Kier molecular flexibility index (Phi) is 36.8. The van der Waals surface area contributed by atoms with Crippen LogP contribution in [0.1, 0.15) is 143 Å². The monoisotopic (exact) mass is 1530 g/mol. The molecule has 90 heavy (non-hydrogen) atoms. The van der Waals surface area contributed by atoms with Crippen LogP contribution in [0, 0.1) is 5.41 Å². The van der Waals surface area contributed by atoms with Gasteiger partial charge in [0.2, 0.25) is 0 Å². The van der Waals surface area contributed by atoms with E-state index in [2.05, 4.69) is 31.7 Å². The third-order valence-electron chi connectivity index (χ3n) is 12.8. The third kappa shape index (κ3) is 35.8. The number of unbranched alkanes of at least 4 members (excludes halogenated alkanes) is 3. The predicted octanol–water partition coefficient (Wildman–Crippen LogP) is 4.97. The number of phosphoric acid groups is 5. The van der Waals surface area contributed by atoms with Crippen LogP contribution in [0.4, 0.5) is 0 Å². The predicted molar refractivity (Wildman–Crippen MR) is 330 cm³/mol. The van der Waals surface area contributed by atoms with Crippen molar-refractivity contribution >= 4 is 94.7 Å². The van der Waals surface area contributed by atoms with Gasteiger partial charge in [0.05, 0.1) is 122 Å². The van der Waals surface area contributed by atoms with Gasteiger partial charge in [-0.2, -0.15) is 0 Å². The van der Waals surface area contributed by atoms with E-state index in [1.807, 2.05) is 27.7 Å². The van der Waals surface area contributed by atoms with Crippen molar-refractivity contribution in [3.63, 3.8) is 0 Å². The fourth-order valence-electron chi connectivity index (χ4n) is 8.97. The molecule has 0 radical (unpaired) electrons. The first-order chi connectivity index (χ1) is 41.7. The highest BCUT2D eigenvalue weighted by molar-refractivity contribution is 8.07. The van der Waals surface area contributed by atoms with Crippen molar-refractivity contribution < 1.29 is 165 Å². The summed E-state index contributed by atoms with van der Waals surface area (Å²) < 4.78 is 165. The standard InChI is InChI=1S/C45H93NO33P8S3.8H2/c1-33-26-37(41(71-33)30-45(5,6)7)76-85(57,88)69-31-42-38(27-34(2)72-42)77-86(58,89)70-32-43-39(28-35(3)73-43)78-87(59,90)79-44-40(29-36(4)74-44)75-84(55,56)68-25-15-24-67-83(53,54)66-23-14-22-65-82(51,52)64-21-13-20-63-81(49,50)62-19-12-18-61-80(47,48)60-17-11-9-8-10-16-46;;;;;;;;/h33-44H,8-32,46H2,1-7H3,(H,47,48)(H,49,50)(H,51,52)(H,53,54)(H,55,56)(H,57,88)(H,58,89)(H,59,90);8*1H/p-8/t33-,34-,35-,36-,37?,38?,39?,40?,41+,42+,43+,44+,85?,86?,87?;;;;;;;;/m0......../s1. The maximum Gasteiger partial charge on any atom is 0.268 e. The average Bonchev–Trinajstić information content (AvgIpc) is 1.66. The van der Waals surface area contributed by atoms with Crippen LogP contribution in [0.2, 0.25) is 0 Å². The van der Waals surface area contributed by atoms with Crippen molar-refractivity contribution in [2.45, 2.75) is 205 Å². The molecule has 20 atom stereocenters. The molecule has 0 aromatic rings. The van der Waals surface area contributed by atoms with E-state index in [1.165, 1.54) is 6.92 Å². The molecule has 0 aromatic heterocycles. The molecule has 0 bridgehead atoms. The highest BCUT2D eigenvalue weighted by atomic mass is 32.5. The minimum Gasteiger partial charge on any atom is -0.780 e. The number of ether oxygens (including phenoxy) is 4. The molecule has 4 heterocycles. The molecule has 34 nitrogen and oxygen atoms in total. The molecule has 45 heteroatoms. The van der Waals surface area contributed by atoms with E-state index in [4.69, 9.17) is 101 Å². The smallest absolute Gasteiger partial charge is 0.268 e.